The summed E-state index contributed by atoms with van der Waals surface area (Å²) in [6.07, 6.45) is 0. The van der Waals surface area contributed by atoms with Gasteiger partial charge in [-0.25, -0.2) is 4.98 Å². The number of nitrogens with zero attached hydrogens (tertiary/aromatic N) is 1. The smallest absolute Gasteiger partial charge is 0.230 e. The van der Waals surface area contributed by atoms with Crippen molar-refractivity contribution in [3.8, 4) is 11.4 Å². The maximum atomic E-state index is 4.17. The van der Waals surface area contributed by atoms with E-state index in [0.29, 0.717) is 0 Å². The van der Waals surface area contributed by atoms with Crippen molar-refractivity contribution in [1.82, 2.24) is 4.37 Å². The van der Waals surface area contributed by atoms with Crippen LogP contribution in [0.5, 0.6) is 0 Å². The minimum absolute atomic E-state index is 0.940. The molecule has 0 radical (unpaired) electrons. The van der Waals surface area contributed by atoms with E-state index in [4.69, 9.17) is 0 Å². The van der Waals surface area contributed by atoms with Crippen LogP contribution in [-0.4, -0.2) is 4.37 Å². The predicted octanol–water partition coefficient (Wildman–Crippen LogP) is 1.62. The van der Waals surface area contributed by atoms with E-state index in [0.717, 1.165) is 11.4 Å². The quantitative estimate of drug-likeness (QED) is 0.627. The lowest BCUT2D eigenvalue weighted by atomic mass is 10.2. The fraction of sp³-hybridized carbons (Fsp3) is 0. The molecule has 0 aliphatic heterocycles. The van der Waals surface area contributed by atoms with E-state index < -0.39 is 0 Å². The van der Waals surface area contributed by atoms with Gasteiger partial charge in [-0.1, -0.05) is 18.2 Å². The third kappa shape index (κ3) is 1.28. The van der Waals surface area contributed by atoms with Gasteiger partial charge in [-0.05, 0) is 12.1 Å². The van der Waals surface area contributed by atoms with E-state index in [1.165, 1.54) is 11.5 Å². The molecular formula is C8H7N2S+. The van der Waals surface area contributed by atoms with Crippen LogP contribution in [0.2, 0.25) is 0 Å². The Hall–Kier alpha value is -1.22. The van der Waals surface area contributed by atoms with Crippen LogP contribution in [0.25, 0.3) is 11.4 Å². The minimum Gasteiger partial charge on any atom is -0.230 e. The molecule has 0 spiro atoms. The Labute approximate surface area is 68.7 Å². The molecule has 0 aliphatic rings. The van der Waals surface area contributed by atoms with Gasteiger partial charge in [0.15, 0.2) is 5.51 Å². The third-order valence-corrected chi connectivity index (χ3v) is 1.95. The lowest BCUT2D eigenvalue weighted by molar-refractivity contribution is -0.360. The Balaban J connectivity index is 2.46. The summed E-state index contributed by atoms with van der Waals surface area (Å²) in [5.41, 5.74) is 3.00. The van der Waals surface area contributed by atoms with Crippen LogP contribution < -0.4 is 4.98 Å². The van der Waals surface area contributed by atoms with Crippen LogP contribution >= 0.6 is 11.5 Å². The standard InChI is InChI=1S/C8H6N2S/c1-2-4-7(5-3-1)8-9-6-11-10-8/h1-6H/p+1. The van der Waals surface area contributed by atoms with Crippen molar-refractivity contribution < 1.29 is 4.98 Å². The molecule has 1 heterocycles. The summed E-state index contributed by atoms with van der Waals surface area (Å²) >= 11 is 1.43. The van der Waals surface area contributed by atoms with Crippen molar-refractivity contribution in [1.29, 1.82) is 0 Å². The number of rotatable bonds is 1. The number of hydrogen-bond acceptors (Lipinski definition) is 2. The van der Waals surface area contributed by atoms with Crippen molar-refractivity contribution in [2.75, 3.05) is 0 Å². The number of aromatic nitrogens is 2. The van der Waals surface area contributed by atoms with Crippen LogP contribution in [0.1, 0.15) is 0 Å². The van der Waals surface area contributed by atoms with Crippen LogP contribution in [0, 0.1) is 0 Å². The Morgan fingerprint density at radius 2 is 2.00 bits per heavy atom. The molecule has 1 aromatic carbocycles. The van der Waals surface area contributed by atoms with Gasteiger partial charge in [0, 0.05) is 4.37 Å². The number of hydrogen-bond donors (Lipinski definition) is 0. The van der Waals surface area contributed by atoms with Crippen molar-refractivity contribution in [2.45, 2.75) is 0 Å². The summed E-state index contributed by atoms with van der Waals surface area (Å²) in [5.74, 6) is 0.940. The monoisotopic (exact) mass is 163 g/mol. The maximum Gasteiger partial charge on any atom is 0.343 e. The molecule has 0 aliphatic carbocycles. The van der Waals surface area contributed by atoms with Gasteiger partial charge >= 0.3 is 5.82 Å². The Morgan fingerprint density at radius 3 is 2.64 bits per heavy atom. The van der Waals surface area contributed by atoms with Crippen molar-refractivity contribution in [3.05, 3.63) is 35.8 Å². The van der Waals surface area contributed by atoms with Crippen LogP contribution in [-0.2, 0) is 0 Å². The molecule has 1 N–H and O–H groups in total. The SMILES string of the molecule is c1ccc(-c2nsc[nH+]2)cc1. The number of benzene rings is 1. The summed E-state index contributed by atoms with van der Waals surface area (Å²) < 4.78 is 4.17. The fourth-order valence-corrected chi connectivity index (χ4v) is 1.40. The molecule has 54 valence electrons. The topological polar surface area (TPSA) is 27.0 Å². The Morgan fingerprint density at radius 1 is 1.18 bits per heavy atom. The molecule has 1 aromatic heterocycles. The van der Waals surface area contributed by atoms with E-state index in [1.54, 1.807) is 0 Å². The first-order chi connectivity index (χ1) is 5.47. The minimum atomic E-state index is 0.940. The summed E-state index contributed by atoms with van der Waals surface area (Å²) in [5, 5.41) is 0. The molecule has 2 nitrogen and oxygen atoms in total. The lowest BCUT2D eigenvalue weighted by Gasteiger charge is -1.85. The third-order valence-electron chi connectivity index (χ3n) is 1.44. The maximum absolute atomic E-state index is 4.17. The molecule has 0 amide bonds. The van der Waals surface area contributed by atoms with Gasteiger partial charge in [-0.15, -0.1) is 0 Å². The molecule has 0 bridgehead atoms. The van der Waals surface area contributed by atoms with Gasteiger partial charge < -0.3 is 0 Å². The van der Waals surface area contributed by atoms with E-state index in [1.807, 2.05) is 35.8 Å². The molecule has 2 aromatic rings. The first-order valence-electron chi connectivity index (χ1n) is 3.34. The lowest BCUT2D eigenvalue weighted by Crippen LogP contribution is -1.99. The van der Waals surface area contributed by atoms with Crippen LogP contribution in [0.15, 0.2) is 35.8 Å². The molecule has 0 unspecified atom stereocenters. The largest absolute Gasteiger partial charge is 0.343 e. The van der Waals surface area contributed by atoms with Crippen LogP contribution in [0.4, 0.5) is 0 Å². The highest BCUT2D eigenvalue weighted by Gasteiger charge is 2.06. The van der Waals surface area contributed by atoms with Gasteiger partial charge in [0.1, 0.15) is 11.5 Å². The second kappa shape index (κ2) is 2.80. The molecular weight excluding hydrogens is 156 g/mol. The molecule has 0 fully saturated rings. The summed E-state index contributed by atoms with van der Waals surface area (Å²) in [4.78, 5) is 3.06. The zero-order valence-electron chi connectivity index (χ0n) is 5.82. The highest BCUT2D eigenvalue weighted by atomic mass is 32.1. The zero-order valence-corrected chi connectivity index (χ0v) is 6.64. The predicted molar refractivity (Wildman–Crippen MR) is 44.1 cm³/mol. The summed E-state index contributed by atoms with van der Waals surface area (Å²) in [6, 6.07) is 10.1. The molecule has 11 heavy (non-hydrogen) atoms. The van der Waals surface area contributed by atoms with Crippen LogP contribution in [0.3, 0.4) is 0 Å². The zero-order chi connectivity index (χ0) is 7.52. The molecule has 2 rings (SSSR count). The average Bonchev–Trinajstić information content (AvgIpc) is 2.58. The number of nitrogens with one attached hydrogen (secondary N) is 1. The first kappa shape index (κ1) is 6.49. The van der Waals surface area contributed by atoms with E-state index in [9.17, 15) is 0 Å². The summed E-state index contributed by atoms with van der Waals surface area (Å²) in [7, 11) is 0. The van der Waals surface area contributed by atoms with E-state index in [2.05, 4.69) is 9.36 Å². The van der Waals surface area contributed by atoms with Gasteiger partial charge in [-0.2, -0.15) is 0 Å². The second-order valence-corrected chi connectivity index (χ2v) is 2.80. The van der Waals surface area contributed by atoms with Gasteiger partial charge in [-0.3, -0.25) is 0 Å². The number of aromatic amines is 1. The highest BCUT2D eigenvalue weighted by Crippen LogP contribution is 2.10. The average molecular weight is 163 g/mol. The van der Waals surface area contributed by atoms with Crippen molar-refractivity contribution in [3.63, 3.8) is 0 Å². The molecule has 0 atom stereocenters. The normalized spacial score (nSPS) is 9.82. The molecule has 0 saturated carbocycles. The Kier molecular flexibility index (Phi) is 1.65. The van der Waals surface area contributed by atoms with Gasteiger partial charge in [0.2, 0.25) is 0 Å². The summed E-state index contributed by atoms with van der Waals surface area (Å²) in [6.45, 7) is 0. The first-order valence-corrected chi connectivity index (χ1v) is 4.18. The van der Waals surface area contributed by atoms with E-state index >= 15 is 0 Å². The number of H-pyrrole nitrogens is 1. The Bertz CT molecular complexity index is 315. The van der Waals surface area contributed by atoms with Gasteiger partial charge in [0.25, 0.3) is 0 Å². The van der Waals surface area contributed by atoms with Gasteiger partial charge in [0.05, 0.1) is 5.56 Å². The highest BCUT2D eigenvalue weighted by molar-refractivity contribution is 7.03. The molecule has 3 heteroatoms. The second-order valence-electron chi connectivity index (χ2n) is 2.17. The van der Waals surface area contributed by atoms with Crippen molar-refractivity contribution in [2.24, 2.45) is 0 Å². The fourth-order valence-electron chi connectivity index (χ4n) is 0.920. The molecule has 0 saturated heterocycles. The van der Waals surface area contributed by atoms with E-state index in [-0.39, 0.29) is 0 Å². The van der Waals surface area contributed by atoms with Crippen molar-refractivity contribution >= 4 is 11.5 Å².